The molecule has 8 heteroatoms. The van der Waals surface area contributed by atoms with Gasteiger partial charge < -0.3 is 10.2 Å². The molecule has 0 aromatic carbocycles. The van der Waals surface area contributed by atoms with Crippen LogP contribution < -0.4 is 10.2 Å². The average molecular weight is 322 g/mol. The zero-order valence-corrected chi connectivity index (χ0v) is 13.3. The molecule has 1 N–H and O–H groups in total. The molecule has 21 heavy (non-hydrogen) atoms. The fraction of sp³-hybridized carbons (Fsp3) is 0.846. The van der Waals surface area contributed by atoms with Crippen molar-refractivity contribution in [1.29, 1.82) is 0 Å². The lowest BCUT2D eigenvalue weighted by Crippen LogP contribution is -2.43. The van der Waals surface area contributed by atoms with Crippen molar-refractivity contribution in [3.63, 3.8) is 0 Å². The van der Waals surface area contributed by atoms with Gasteiger partial charge in [-0.05, 0) is 46.1 Å². The van der Waals surface area contributed by atoms with Crippen molar-refractivity contribution < 1.29 is 13.2 Å². The van der Waals surface area contributed by atoms with E-state index in [1.165, 1.54) is 0 Å². The third-order valence-corrected chi connectivity index (χ3v) is 4.49. The second kappa shape index (κ2) is 6.08. The zero-order valence-electron chi connectivity index (χ0n) is 12.5. The lowest BCUT2D eigenvalue weighted by Gasteiger charge is -2.33. The Bertz CT molecular complexity index is 459. The van der Waals surface area contributed by atoms with E-state index in [4.69, 9.17) is 0 Å². The molecule has 2 rings (SSSR count). The molecule has 0 spiro atoms. The lowest BCUT2D eigenvalue weighted by molar-refractivity contribution is -0.138. The summed E-state index contributed by atoms with van der Waals surface area (Å²) in [6.07, 6.45) is -2.47. The molecule has 1 aromatic heterocycles. The van der Waals surface area contributed by atoms with E-state index in [9.17, 15) is 13.2 Å². The van der Waals surface area contributed by atoms with E-state index in [-0.39, 0.29) is 5.54 Å². The minimum atomic E-state index is -4.40. The van der Waals surface area contributed by atoms with Crippen LogP contribution in [0, 0.1) is 5.92 Å². The van der Waals surface area contributed by atoms with Crippen molar-refractivity contribution >= 4 is 16.5 Å². The van der Waals surface area contributed by atoms with E-state index in [0.29, 0.717) is 22.4 Å². The van der Waals surface area contributed by atoms with Gasteiger partial charge in [0.15, 0.2) is 0 Å². The fourth-order valence-electron chi connectivity index (χ4n) is 2.24. The molecule has 1 saturated heterocycles. The first kappa shape index (κ1) is 16.5. The highest BCUT2D eigenvalue weighted by Gasteiger charge is 2.36. The van der Waals surface area contributed by atoms with Crippen LogP contribution in [-0.4, -0.2) is 35.4 Å². The molecule has 4 nitrogen and oxygen atoms in total. The summed E-state index contributed by atoms with van der Waals surface area (Å²) in [5.74, 6) is 0.565. The minimum Gasteiger partial charge on any atom is -0.347 e. The third-order valence-electron chi connectivity index (χ3n) is 3.46. The smallest absolute Gasteiger partial charge is 0.347 e. The van der Waals surface area contributed by atoms with E-state index >= 15 is 0 Å². The Kier molecular flexibility index (Phi) is 4.77. The van der Waals surface area contributed by atoms with Gasteiger partial charge in [-0.25, -0.2) is 0 Å². The van der Waals surface area contributed by atoms with Gasteiger partial charge in [0, 0.05) is 18.6 Å². The first-order valence-electron chi connectivity index (χ1n) is 7.06. The summed E-state index contributed by atoms with van der Waals surface area (Å²) in [6.45, 7) is 8.80. The topological polar surface area (TPSA) is 41.0 Å². The molecule has 0 unspecified atom stereocenters. The monoisotopic (exact) mass is 322 g/mol. The van der Waals surface area contributed by atoms with Gasteiger partial charge in [0.1, 0.15) is 0 Å². The molecule has 1 fully saturated rings. The first-order chi connectivity index (χ1) is 9.65. The number of hydrogen-bond donors (Lipinski definition) is 1. The highest BCUT2D eigenvalue weighted by Crippen LogP contribution is 2.35. The van der Waals surface area contributed by atoms with E-state index in [2.05, 4.69) is 36.3 Å². The zero-order chi connectivity index (χ0) is 15.7. The van der Waals surface area contributed by atoms with Crippen molar-refractivity contribution in [3.05, 3.63) is 5.01 Å². The highest BCUT2D eigenvalue weighted by molar-refractivity contribution is 7.15. The van der Waals surface area contributed by atoms with Gasteiger partial charge in [-0.15, -0.1) is 10.2 Å². The predicted octanol–water partition coefficient (Wildman–Crippen LogP) is 3.16. The SMILES string of the molecule is CC(C)(C)NCC1CCN(c2nnc(C(F)(F)F)s2)CC1. The number of halogens is 3. The molecule has 1 aliphatic heterocycles. The quantitative estimate of drug-likeness (QED) is 0.928. The summed E-state index contributed by atoms with van der Waals surface area (Å²) < 4.78 is 37.6. The van der Waals surface area contributed by atoms with Crippen LogP contribution >= 0.6 is 11.3 Å². The summed E-state index contributed by atoms with van der Waals surface area (Å²) in [5.41, 5.74) is 0.0952. The maximum absolute atomic E-state index is 12.5. The normalized spacial score (nSPS) is 18.3. The fourth-order valence-corrected chi connectivity index (χ4v) is 3.00. The number of hydrogen-bond acceptors (Lipinski definition) is 5. The van der Waals surface area contributed by atoms with E-state index in [0.717, 1.165) is 32.5 Å². The summed E-state index contributed by atoms with van der Waals surface area (Å²) in [5, 5.41) is 9.91. The summed E-state index contributed by atoms with van der Waals surface area (Å²) in [4.78, 5) is 1.90. The van der Waals surface area contributed by atoms with Crippen molar-refractivity contribution in [2.75, 3.05) is 24.5 Å². The Morgan fingerprint density at radius 2 is 1.81 bits per heavy atom. The van der Waals surface area contributed by atoms with Crippen LogP contribution in [0.4, 0.5) is 18.3 Å². The van der Waals surface area contributed by atoms with Crippen molar-refractivity contribution in [2.24, 2.45) is 5.92 Å². The van der Waals surface area contributed by atoms with Gasteiger partial charge in [0.25, 0.3) is 0 Å². The van der Waals surface area contributed by atoms with Gasteiger partial charge >= 0.3 is 6.18 Å². The Morgan fingerprint density at radius 1 is 1.19 bits per heavy atom. The van der Waals surface area contributed by atoms with Crippen LogP contribution in [0.1, 0.15) is 38.6 Å². The van der Waals surface area contributed by atoms with E-state index < -0.39 is 11.2 Å². The van der Waals surface area contributed by atoms with Crippen LogP contribution in [0.5, 0.6) is 0 Å². The Morgan fingerprint density at radius 3 is 2.29 bits per heavy atom. The number of nitrogens with one attached hydrogen (secondary N) is 1. The number of rotatable bonds is 3. The van der Waals surface area contributed by atoms with Crippen LogP contribution in [0.3, 0.4) is 0 Å². The molecule has 120 valence electrons. The van der Waals surface area contributed by atoms with Crippen molar-refractivity contribution in [3.8, 4) is 0 Å². The van der Waals surface area contributed by atoms with Gasteiger partial charge in [-0.1, -0.05) is 11.3 Å². The molecule has 0 radical (unpaired) electrons. The molecule has 0 atom stereocenters. The molecule has 0 saturated carbocycles. The molecular weight excluding hydrogens is 301 g/mol. The second-order valence-electron chi connectivity index (χ2n) is 6.45. The maximum Gasteiger partial charge on any atom is 0.445 e. The molecule has 1 aromatic rings. The molecule has 1 aliphatic rings. The highest BCUT2D eigenvalue weighted by atomic mass is 32.1. The molecule has 2 heterocycles. The van der Waals surface area contributed by atoms with Gasteiger partial charge in [0.05, 0.1) is 0 Å². The summed E-state index contributed by atoms with van der Waals surface area (Å²) in [6, 6.07) is 0. The van der Waals surface area contributed by atoms with Gasteiger partial charge in [0.2, 0.25) is 10.1 Å². The molecule has 0 amide bonds. The van der Waals surface area contributed by atoms with Crippen molar-refractivity contribution in [1.82, 2.24) is 15.5 Å². The summed E-state index contributed by atoms with van der Waals surface area (Å²) >= 11 is 0.628. The van der Waals surface area contributed by atoms with Crippen LogP contribution in [0.25, 0.3) is 0 Å². The second-order valence-corrected chi connectivity index (χ2v) is 7.40. The lowest BCUT2D eigenvalue weighted by atomic mass is 9.96. The molecule has 0 aliphatic carbocycles. The number of aromatic nitrogens is 2. The number of alkyl halides is 3. The Hall–Kier alpha value is -0.890. The number of piperidine rings is 1. The first-order valence-corrected chi connectivity index (χ1v) is 7.87. The Labute approximate surface area is 126 Å². The van der Waals surface area contributed by atoms with Crippen LogP contribution in [0.2, 0.25) is 0 Å². The maximum atomic E-state index is 12.5. The average Bonchev–Trinajstić information content (AvgIpc) is 2.85. The molecule has 0 bridgehead atoms. The van der Waals surface area contributed by atoms with Crippen molar-refractivity contribution in [2.45, 2.75) is 45.3 Å². The molecular formula is C13H21F3N4S. The van der Waals surface area contributed by atoms with Crippen LogP contribution in [0.15, 0.2) is 0 Å². The summed E-state index contributed by atoms with van der Waals surface area (Å²) in [7, 11) is 0. The predicted molar refractivity (Wildman–Crippen MR) is 77.6 cm³/mol. The third kappa shape index (κ3) is 4.81. The standard InChI is InChI=1S/C13H21F3N4S/c1-12(2,3)17-8-9-4-6-20(7-5-9)11-19-18-10(21-11)13(14,15)16/h9,17H,4-8H2,1-3H3. The van der Waals surface area contributed by atoms with Crippen LogP contribution in [-0.2, 0) is 6.18 Å². The van der Waals surface area contributed by atoms with Gasteiger partial charge in [-0.3, -0.25) is 0 Å². The largest absolute Gasteiger partial charge is 0.445 e. The Balaban J connectivity index is 1.85. The van der Waals surface area contributed by atoms with E-state index in [1.807, 2.05) is 4.90 Å². The minimum absolute atomic E-state index is 0.0952. The van der Waals surface area contributed by atoms with Gasteiger partial charge in [-0.2, -0.15) is 13.2 Å². The number of nitrogens with zero attached hydrogens (tertiary/aromatic N) is 3. The van der Waals surface area contributed by atoms with E-state index in [1.54, 1.807) is 0 Å². The number of anilines is 1.